The Morgan fingerprint density at radius 3 is 2.77 bits per heavy atom. The molecular formula is C20H20N8O3. The van der Waals surface area contributed by atoms with Gasteiger partial charge in [0.1, 0.15) is 23.4 Å². The number of carbonyl (C=O) groups excluding carboxylic acids is 3. The molecule has 0 saturated carbocycles. The van der Waals surface area contributed by atoms with Crippen LogP contribution in [0.25, 0.3) is 5.69 Å². The number of amides is 3. The van der Waals surface area contributed by atoms with Gasteiger partial charge in [-0.25, -0.2) is 14.3 Å². The largest absolute Gasteiger partial charge is 0.322 e. The molecule has 2 aliphatic heterocycles. The fourth-order valence-corrected chi connectivity index (χ4v) is 4.05. The molecule has 2 aliphatic rings. The van der Waals surface area contributed by atoms with Crippen LogP contribution < -0.4 is 5.32 Å². The Kier molecular flexibility index (Phi) is 4.38. The second kappa shape index (κ2) is 7.11. The van der Waals surface area contributed by atoms with E-state index in [4.69, 9.17) is 0 Å². The molecule has 1 atom stereocenters. The zero-order valence-corrected chi connectivity index (χ0v) is 17.1. The van der Waals surface area contributed by atoms with E-state index in [1.54, 1.807) is 21.6 Å². The highest BCUT2D eigenvalue weighted by Crippen LogP contribution is 2.29. The minimum Gasteiger partial charge on any atom is -0.322 e. The molecule has 3 aromatic rings. The van der Waals surface area contributed by atoms with E-state index in [0.29, 0.717) is 42.3 Å². The van der Waals surface area contributed by atoms with Crippen molar-refractivity contribution in [3.63, 3.8) is 0 Å². The van der Waals surface area contributed by atoms with Gasteiger partial charge in [0, 0.05) is 18.5 Å². The summed E-state index contributed by atoms with van der Waals surface area (Å²) in [5.74, 6) is 0.551. The molecule has 2 aromatic heterocycles. The van der Waals surface area contributed by atoms with Crippen LogP contribution in [0.4, 0.5) is 0 Å². The number of hydrogen-bond donors (Lipinski definition) is 1. The van der Waals surface area contributed by atoms with Crippen LogP contribution >= 0.6 is 0 Å². The number of rotatable bonds is 4. The number of piperidine rings is 1. The van der Waals surface area contributed by atoms with Crippen molar-refractivity contribution in [2.75, 3.05) is 0 Å². The fourth-order valence-electron chi connectivity index (χ4n) is 4.05. The molecule has 3 amide bonds. The molecule has 0 bridgehead atoms. The summed E-state index contributed by atoms with van der Waals surface area (Å²) in [6, 6.07) is 4.85. The molecule has 0 spiro atoms. The predicted molar refractivity (Wildman–Crippen MR) is 106 cm³/mol. The Labute approximate surface area is 177 Å². The number of nitrogens with one attached hydrogen (secondary N) is 1. The summed E-state index contributed by atoms with van der Waals surface area (Å²) >= 11 is 0. The van der Waals surface area contributed by atoms with Crippen molar-refractivity contribution in [2.24, 2.45) is 0 Å². The summed E-state index contributed by atoms with van der Waals surface area (Å²) in [7, 11) is 0. The molecule has 1 saturated heterocycles. The number of hydrogen-bond acceptors (Lipinski definition) is 7. The Morgan fingerprint density at radius 2 is 2.03 bits per heavy atom. The lowest BCUT2D eigenvalue weighted by molar-refractivity contribution is -0.136. The fraction of sp³-hybridized carbons (Fsp3) is 0.350. The number of aromatic nitrogens is 6. The van der Waals surface area contributed by atoms with Crippen LogP contribution in [-0.2, 0) is 22.7 Å². The third kappa shape index (κ3) is 3.37. The Balaban J connectivity index is 1.36. The molecule has 11 heteroatoms. The summed E-state index contributed by atoms with van der Waals surface area (Å²) in [6.07, 6.45) is 2.36. The quantitative estimate of drug-likeness (QED) is 0.601. The number of fused-ring (bicyclic) bond motifs is 1. The zero-order chi connectivity index (χ0) is 21.7. The smallest absolute Gasteiger partial charge is 0.255 e. The molecule has 4 heterocycles. The molecule has 1 N–H and O–H groups in total. The van der Waals surface area contributed by atoms with Crippen molar-refractivity contribution in [2.45, 2.75) is 45.8 Å². The maximum absolute atomic E-state index is 13.0. The third-order valence-corrected chi connectivity index (χ3v) is 5.59. The number of benzene rings is 1. The van der Waals surface area contributed by atoms with Crippen LogP contribution in [0.2, 0.25) is 0 Å². The Bertz CT molecular complexity index is 1230. The van der Waals surface area contributed by atoms with E-state index in [0.717, 1.165) is 11.4 Å². The van der Waals surface area contributed by atoms with Gasteiger partial charge in [0.05, 0.1) is 18.4 Å². The van der Waals surface area contributed by atoms with E-state index in [-0.39, 0.29) is 18.2 Å². The summed E-state index contributed by atoms with van der Waals surface area (Å²) in [5, 5.41) is 15.0. The average molecular weight is 420 g/mol. The van der Waals surface area contributed by atoms with Crippen molar-refractivity contribution < 1.29 is 14.4 Å². The Hall–Kier alpha value is -3.89. The maximum atomic E-state index is 13.0. The van der Waals surface area contributed by atoms with E-state index >= 15 is 0 Å². The molecule has 11 nitrogen and oxygen atoms in total. The van der Waals surface area contributed by atoms with Crippen LogP contribution in [0, 0.1) is 13.8 Å². The van der Waals surface area contributed by atoms with Gasteiger partial charge in [-0.1, -0.05) is 11.3 Å². The third-order valence-electron chi connectivity index (χ3n) is 5.59. The lowest BCUT2D eigenvalue weighted by Gasteiger charge is -2.29. The molecule has 1 aromatic carbocycles. The van der Waals surface area contributed by atoms with Crippen LogP contribution in [0.15, 0.2) is 24.4 Å². The summed E-state index contributed by atoms with van der Waals surface area (Å²) in [4.78, 5) is 42.4. The van der Waals surface area contributed by atoms with Gasteiger partial charge in [-0.15, -0.1) is 5.10 Å². The highest BCUT2D eigenvalue weighted by molar-refractivity contribution is 6.05. The molecule has 1 fully saturated rings. The highest BCUT2D eigenvalue weighted by Gasteiger charge is 2.39. The first kappa shape index (κ1) is 19.1. The van der Waals surface area contributed by atoms with Crippen molar-refractivity contribution in [3.05, 3.63) is 52.9 Å². The van der Waals surface area contributed by atoms with Crippen molar-refractivity contribution in [1.29, 1.82) is 0 Å². The van der Waals surface area contributed by atoms with E-state index in [2.05, 4.69) is 25.7 Å². The van der Waals surface area contributed by atoms with Crippen molar-refractivity contribution in [1.82, 2.24) is 40.0 Å². The van der Waals surface area contributed by atoms with Gasteiger partial charge in [-0.05, 0) is 38.0 Å². The Morgan fingerprint density at radius 1 is 1.19 bits per heavy atom. The first-order valence-corrected chi connectivity index (χ1v) is 9.96. The van der Waals surface area contributed by atoms with Crippen LogP contribution in [0.1, 0.15) is 46.1 Å². The second-order valence-corrected chi connectivity index (χ2v) is 7.76. The zero-order valence-electron chi connectivity index (χ0n) is 17.1. The van der Waals surface area contributed by atoms with Gasteiger partial charge < -0.3 is 4.90 Å². The first-order valence-electron chi connectivity index (χ1n) is 9.96. The standard InChI is InChI=1S/C20H20N8O3/c1-11-21-12(2)27(24-11)9-14-10-28(25-23-14)15-4-3-13-8-26(20(31)16(13)7-15)17-5-6-18(29)22-19(17)30/h3-4,7,10,17H,5-6,8-9H2,1-2H3,(H,22,29,30). The van der Waals surface area contributed by atoms with Gasteiger partial charge in [0.25, 0.3) is 5.91 Å². The minimum absolute atomic E-state index is 0.222. The molecule has 5 rings (SSSR count). The lowest BCUT2D eigenvalue weighted by Crippen LogP contribution is -2.52. The van der Waals surface area contributed by atoms with Gasteiger partial charge in [0.2, 0.25) is 11.8 Å². The topological polar surface area (TPSA) is 128 Å². The molecule has 0 aliphatic carbocycles. The van der Waals surface area contributed by atoms with E-state index < -0.39 is 11.9 Å². The molecule has 158 valence electrons. The van der Waals surface area contributed by atoms with Crippen molar-refractivity contribution in [3.8, 4) is 5.69 Å². The van der Waals surface area contributed by atoms with Crippen LogP contribution in [0.5, 0.6) is 0 Å². The van der Waals surface area contributed by atoms with Gasteiger partial charge >= 0.3 is 0 Å². The van der Waals surface area contributed by atoms with Crippen molar-refractivity contribution >= 4 is 17.7 Å². The molecule has 0 radical (unpaired) electrons. The summed E-state index contributed by atoms with van der Waals surface area (Å²) < 4.78 is 3.37. The SMILES string of the molecule is Cc1nc(C)n(Cc2cn(-c3ccc4c(c3)C(=O)N(C3CCC(=O)NC3=O)C4)nn2)n1. The second-order valence-electron chi connectivity index (χ2n) is 7.76. The van der Waals surface area contributed by atoms with Crippen LogP contribution in [0.3, 0.4) is 0 Å². The minimum atomic E-state index is -0.631. The molecule has 1 unspecified atom stereocenters. The maximum Gasteiger partial charge on any atom is 0.255 e. The summed E-state index contributed by atoms with van der Waals surface area (Å²) in [5.41, 5.74) is 2.78. The normalized spacial score (nSPS) is 18.5. The lowest BCUT2D eigenvalue weighted by atomic mass is 10.0. The predicted octanol–water partition coefficient (Wildman–Crippen LogP) is 0.285. The summed E-state index contributed by atoms with van der Waals surface area (Å²) in [6.45, 7) is 4.50. The van der Waals surface area contributed by atoms with Gasteiger partial charge in [-0.3, -0.25) is 19.7 Å². The number of nitrogens with zero attached hydrogens (tertiary/aromatic N) is 7. The molecular weight excluding hydrogens is 400 g/mol. The first-order chi connectivity index (χ1) is 14.9. The molecule has 31 heavy (non-hydrogen) atoms. The van der Waals surface area contributed by atoms with Gasteiger partial charge in [-0.2, -0.15) is 5.10 Å². The van der Waals surface area contributed by atoms with E-state index in [9.17, 15) is 14.4 Å². The number of imide groups is 1. The van der Waals surface area contributed by atoms with E-state index in [1.165, 1.54) is 4.90 Å². The van der Waals surface area contributed by atoms with E-state index in [1.807, 2.05) is 26.0 Å². The average Bonchev–Trinajstić information content (AvgIpc) is 3.40. The monoisotopic (exact) mass is 420 g/mol. The van der Waals surface area contributed by atoms with Crippen LogP contribution in [-0.4, -0.2) is 58.4 Å². The van der Waals surface area contributed by atoms with Gasteiger partial charge in [0.15, 0.2) is 0 Å². The number of aryl methyl sites for hydroxylation is 2. The number of carbonyl (C=O) groups is 3. The highest BCUT2D eigenvalue weighted by atomic mass is 16.2.